The van der Waals surface area contributed by atoms with E-state index in [1.54, 1.807) is 25.6 Å². The second kappa shape index (κ2) is 10.1. The number of aryl methyl sites for hydroxylation is 1. The fourth-order valence-corrected chi connectivity index (χ4v) is 5.38. The Labute approximate surface area is 209 Å². The maximum absolute atomic E-state index is 5.51. The van der Waals surface area contributed by atoms with E-state index in [9.17, 15) is 0 Å². The van der Waals surface area contributed by atoms with Crippen LogP contribution in [0.25, 0.3) is 21.3 Å². The first-order valence-corrected chi connectivity index (χ1v) is 12.6. The fraction of sp³-hybridized carbons (Fsp3) is 0.333. The zero-order chi connectivity index (χ0) is 24.4. The summed E-state index contributed by atoms with van der Waals surface area (Å²) in [5.74, 6) is 2.79. The van der Waals surface area contributed by atoms with Gasteiger partial charge in [0, 0.05) is 40.0 Å². The van der Waals surface area contributed by atoms with Crippen LogP contribution in [0.5, 0.6) is 11.5 Å². The number of benzene rings is 2. The number of ether oxygens (including phenoxy) is 3. The minimum Gasteiger partial charge on any atom is -0.493 e. The number of nitrogens with one attached hydrogen (secondary N) is 1. The normalized spacial score (nSPS) is 14.7. The third kappa shape index (κ3) is 4.90. The molecule has 8 heteroatoms. The standard InChI is InChI=1S/C27H30N4O3S/c1-17(28-27-21-15-23(32-3)24(33-4)16-22(21)29-18(2)30-27)25-8-9-26(35-25)19-6-5-7-20(14-19)31-10-12-34-13-11-31/h5-9,14-17H,10-13H2,1-4H3,(H,28,29,30). The van der Waals surface area contributed by atoms with Crippen LogP contribution in [0.3, 0.4) is 0 Å². The summed E-state index contributed by atoms with van der Waals surface area (Å²) in [7, 11) is 3.26. The van der Waals surface area contributed by atoms with E-state index in [-0.39, 0.29) is 6.04 Å². The lowest BCUT2D eigenvalue weighted by molar-refractivity contribution is 0.122. The number of fused-ring (bicyclic) bond motifs is 1. The topological polar surface area (TPSA) is 68.7 Å². The molecule has 2 aromatic carbocycles. The Hall–Kier alpha value is -3.36. The van der Waals surface area contributed by atoms with Crippen LogP contribution >= 0.6 is 11.3 Å². The van der Waals surface area contributed by atoms with E-state index >= 15 is 0 Å². The number of anilines is 2. The quantitative estimate of drug-likeness (QED) is 0.357. The van der Waals surface area contributed by atoms with Gasteiger partial charge >= 0.3 is 0 Å². The molecule has 4 aromatic rings. The predicted octanol–water partition coefficient (Wildman–Crippen LogP) is 5.69. The molecule has 0 radical (unpaired) electrons. The van der Waals surface area contributed by atoms with E-state index in [0.717, 1.165) is 43.0 Å². The Morgan fingerprint density at radius 1 is 1.00 bits per heavy atom. The molecule has 0 bridgehead atoms. The van der Waals surface area contributed by atoms with Gasteiger partial charge < -0.3 is 24.4 Å². The van der Waals surface area contributed by atoms with E-state index in [4.69, 9.17) is 19.2 Å². The molecule has 5 rings (SSSR count). The van der Waals surface area contributed by atoms with Gasteiger partial charge in [0.25, 0.3) is 0 Å². The molecular formula is C27H30N4O3S. The van der Waals surface area contributed by atoms with Gasteiger partial charge in [-0.25, -0.2) is 9.97 Å². The van der Waals surface area contributed by atoms with Gasteiger partial charge in [-0.05, 0) is 49.7 Å². The predicted molar refractivity (Wildman–Crippen MR) is 142 cm³/mol. The number of morpholine rings is 1. The van der Waals surface area contributed by atoms with E-state index in [2.05, 4.69) is 58.5 Å². The van der Waals surface area contributed by atoms with E-state index in [0.29, 0.717) is 17.3 Å². The summed E-state index contributed by atoms with van der Waals surface area (Å²) < 4.78 is 16.5. The molecule has 1 aliphatic rings. The molecule has 0 amide bonds. The summed E-state index contributed by atoms with van der Waals surface area (Å²) in [5, 5.41) is 4.50. The average molecular weight is 491 g/mol. The van der Waals surface area contributed by atoms with Gasteiger partial charge in [0.05, 0.1) is 39.0 Å². The van der Waals surface area contributed by atoms with E-state index < -0.39 is 0 Å². The lowest BCUT2D eigenvalue weighted by Gasteiger charge is -2.29. The second-order valence-electron chi connectivity index (χ2n) is 8.56. The number of nitrogens with zero attached hydrogens (tertiary/aromatic N) is 3. The van der Waals surface area contributed by atoms with Crippen LogP contribution in [0.4, 0.5) is 11.5 Å². The zero-order valence-corrected chi connectivity index (χ0v) is 21.3. The van der Waals surface area contributed by atoms with Crippen molar-refractivity contribution in [2.24, 2.45) is 0 Å². The molecule has 1 N–H and O–H groups in total. The highest BCUT2D eigenvalue weighted by atomic mass is 32.1. The van der Waals surface area contributed by atoms with Gasteiger partial charge in [-0.1, -0.05) is 12.1 Å². The molecule has 7 nitrogen and oxygen atoms in total. The molecular weight excluding hydrogens is 460 g/mol. The second-order valence-corrected chi connectivity index (χ2v) is 9.68. The third-order valence-electron chi connectivity index (χ3n) is 6.23. The third-order valence-corrected chi connectivity index (χ3v) is 7.54. The average Bonchev–Trinajstić information content (AvgIpc) is 3.39. The van der Waals surface area contributed by atoms with E-state index in [1.807, 2.05) is 19.1 Å². The summed E-state index contributed by atoms with van der Waals surface area (Å²) >= 11 is 1.80. The maximum Gasteiger partial charge on any atom is 0.162 e. The number of hydrogen-bond acceptors (Lipinski definition) is 8. The van der Waals surface area contributed by atoms with Crippen molar-refractivity contribution in [3.8, 4) is 21.9 Å². The van der Waals surface area contributed by atoms with Crippen LogP contribution in [0.2, 0.25) is 0 Å². The SMILES string of the molecule is COc1cc2nc(C)nc(NC(C)c3ccc(-c4cccc(N5CCOCC5)c4)s3)c2cc1OC. The minimum atomic E-state index is 0.0711. The molecule has 2 aromatic heterocycles. The van der Waals surface area contributed by atoms with Crippen molar-refractivity contribution in [3.05, 3.63) is 59.2 Å². The fourth-order valence-electron chi connectivity index (χ4n) is 4.38. The molecule has 0 spiro atoms. The molecule has 1 fully saturated rings. The Kier molecular flexibility index (Phi) is 6.74. The highest BCUT2D eigenvalue weighted by Gasteiger charge is 2.17. The first-order chi connectivity index (χ1) is 17.1. The lowest BCUT2D eigenvalue weighted by Crippen LogP contribution is -2.36. The molecule has 3 heterocycles. The first kappa shape index (κ1) is 23.4. The van der Waals surface area contributed by atoms with Gasteiger partial charge in [-0.3, -0.25) is 0 Å². The van der Waals surface area contributed by atoms with Crippen molar-refractivity contribution in [1.29, 1.82) is 0 Å². The Morgan fingerprint density at radius 3 is 2.54 bits per heavy atom. The Bertz CT molecular complexity index is 1330. The van der Waals surface area contributed by atoms with Crippen molar-refractivity contribution in [2.75, 3.05) is 50.7 Å². The zero-order valence-electron chi connectivity index (χ0n) is 20.5. The van der Waals surface area contributed by atoms with Gasteiger partial charge in [0.15, 0.2) is 11.5 Å². The number of thiophene rings is 1. The van der Waals surface area contributed by atoms with E-state index in [1.165, 1.54) is 21.0 Å². The monoisotopic (exact) mass is 490 g/mol. The molecule has 1 unspecified atom stereocenters. The van der Waals surface area contributed by atoms with Gasteiger partial charge in [-0.2, -0.15) is 0 Å². The highest BCUT2D eigenvalue weighted by molar-refractivity contribution is 7.15. The van der Waals surface area contributed by atoms with Crippen LogP contribution < -0.4 is 19.7 Å². The molecule has 1 atom stereocenters. The van der Waals surface area contributed by atoms with Crippen molar-refractivity contribution >= 4 is 33.7 Å². The largest absolute Gasteiger partial charge is 0.493 e. The van der Waals surface area contributed by atoms with Gasteiger partial charge in [0.1, 0.15) is 11.6 Å². The molecule has 182 valence electrons. The highest BCUT2D eigenvalue weighted by Crippen LogP contribution is 2.37. The number of aromatic nitrogens is 2. The van der Waals surface area contributed by atoms with Crippen molar-refractivity contribution < 1.29 is 14.2 Å². The van der Waals surface area contributed by atoms with Crippen molar-refractivity contribution in [3.63, 3.8) is 0 Å². The number of hydrogen-bond donors (Lipinski definition) is 1. The van der Waals surface area contributed by atoms with Gasteiger partial charge in [-0.15, -0.1) is 11.3 Å². The minimum absolute atomic E-state index is 0.0711. The van der Waals surface area contributed by atoms with Crippen LogP contribution in [0.1, 0.15) is 23.7 Å². The number of methoxy groups -OCH3 is 2. The Morgan fingerprint density at radius 2 is 1.77 bits per heavy atom. The molecule has 35 heavy (non-hydrogen) atoms. The summed E-state index contributed by atoms with van der Waals surface area (Å²) in [4.78, 5) is 14.2. The van der Waals surface area contributed by atoms with Crippen molar-refractivity contribution in [1.82, 2.24) is 9.97 Å². The molecule has 1 aliphatic heterocycles. The number of rotatable bonds is 7. The smallest absolute Gasteiger partial charge is 0.162 e. The summed E-state index contributed by atoms with van der Waals surface area (Å²) in [6.45, 7) is 7.49. The molecule has 0 aliphatic carbocycles. The van der Waals surface area contributed by atoms with Gasteiger partial charge in [0.2, 0.25) is 0 Å². The molecule has 0 saturated carbocycles. The summed E-state index contributed by atoms with van der Waals surface area (Å²) in [5.41, 5.74) is 3.30. The first-order valence-electron chi connectivity index (χ1n) is 11.8. The lowest BCUT2D eigenvalue weighted by atomic mass is 10.1. The maximum atomic E-state index is 5.51. The van der Waals surface area contributed by atoms with Crippen LogP contribution in [-0.2, 0) is 4.74 Å². The van der Waals surface area contributed by atoms with Crippen LogP contribution in [-0.4, -0.2) is 50.5 Å². The van der Waals surface area contributed by atoms with Crippen LogP contribution in [0.15, 0.2) is 48.5 Å². The summed E-state index contributed by atoms with van der Waals surface area (Å²) in [6, 6.07) is 17.1. The summed E-state index contributed by atoms with van der Waals surface area (Å²) in [6.07, 6.45) is 0. The molecule has 1 saturated heterocycles. The van der Waals surface area contributed by atoms with Crippen molar-refractivity contribution in [2.45, 2.75) is 19.9 Å². The van der Waals surface area contributed by atoms with Crippen LogP contribution in [0, 0.1) is 6.92 Å². The Balaban J connectivity index is 1.40.